The number of benzene rings is 3. The molecule has 5 aromatic rings. The van der Waals surface area contributed by atoms with Crippen LogP contribution < -0.4 is 15.7 Å². The van der Waals surface area contributed by atoms with Gasteiger partial charge in [-0.1, -0.05) is 40.2 Å². The lowest BCUT2D eigenvalue weighted by molar-refractivity contribution is -0.210. The molecule has 0 radical (unpaired) electrons. The van der Waals surface area contributed by atoms with Crippen LogP contribution in [-0.2, 0) is 19.6 Å². The van der Waals surface area contributed by atoms with Crippen LogP contribution in [0.25, 0.3) is 16.9 Å². The molecule has 2 amide bonds. The van der Waals surface area contributed by atoms with Gasteiger partial charge in [-0.25, -0.2) is 14.8 Å². The molecule has 51 heavy (non-hydrogen) atoms. The van der Waals surface area contributed by atoms with E-state index in [0.29, 0.717) is 17.0 Å². The molecular weight excluding hydrogens is 733 g/mol. The summed E-state index contributed by atoms with van der Waals surface area (Å²) < 4.78 is 47.0. The molecule has 1 aliphatic heterocycles. The summed E-state index contributed by atoms with van der Waals surface area (Å²) in [6.45, 7) is 2.81. The van der Waals surface area contributed by atoms with Crippen LogP contribution in [0.15, 0.2) is 94.6 Å². The predicted octanol–water partition coefficient (Wildman–Crippen LogP) is 5.44. The Bertz CT molecular complexity index is 2140. The molecule has 11 nitrogen and oxygen atoms in total. The molecule has 0 aliphatic carbocycles. The van der Waals surface area contributed by atoms with E-state index in [1.807, 2.05) is 38.1 Å². The third-order valence-electron chi connectivity index (χ3n) is 8.62. The normalized spacial score (nSPS) is 14.9. The molecule has 2 atom stereocenters. The van der Waals surface area contributed by atoms with Crippen molar-refractivity contribution in [1.82, 2.24) is 29.3 Å². The van der Waals surface area contributed by atoms with E-state index in [1.54, 1.807) is 35.4 Å². The average Bonchev–Trinajstić information content (AvgIpc) is 3.41. The number of aliphatic hydroxyl groups excluding tert-OH is 1. The predicted molar refractivity (Wildman–Crippen MR) is 184 cm³/mol. The molecule has 0 bridgehead atoms. The van der Waals surface area contributed by atoms with Gasteiger partial charge in [0.25, 0.3) is 11.8 Å². The number of ether oxygens (including phenoxy) is 1. The van der Waals surface area contributed by atoms with Gasteiger partial charge >= 0.3 is 11.9 Å². The molecule has 3 aromatic carbocycles. The van der Waals surface area contributed by atoms with Crippen LogP contribution in [0.4, 0.5) is 13.2 Å². The van der Waals surface area contributed by atoms with Crippen molar-refractivity contribution in [3.8, 4) is 22.7 Å². The Morgan fingerprint density at radius 2 is 1.84 bits per heavy atom. The van der Waals surface area contributed by atoms with Crippen LogP contribution in [0.3, 0.4) is 0 Å². The molecule has 15 heteroatoms. The number of halogens is 4. The van der Waals surface area contributed by atoms with E-state index in [1.165, 1.54) is 39.7 Å². The number of carbonyl (C=O) groups excluding carboxylic acids is 2. The monoisotopic (exact) mass is 764 g/mol. The number of alkyl halides is 3. The molecule has 3 heterocycles. The highest BCUT2D eigenvalue weighted by molar-refractivity contribution is 9.10. The lowest BCUT2D eigenvalue weighted by Crippen LogP contribution is -2.47. The lowest BCUT2D eigenvalue weighted by Gasteiger charge is -2.34. The summed E-state index contributed by atoms with van der Waals surface area (Å²) in [7, 11) is 0. The number of nitrogens with zero attached hydrogens (tertiary/aromatic N) is 5. The van der Waals surface area contributed by atoms with Crippen molar-refractivity contribution in [3.63, 3.8) is 0 Å². The van der Waals surface area contributed by atoms with Crippen molar-refractivity contribution in [2.24, 2.45) is 0 Å². The van der Waals surface area contributed by atoms with Crippen molar-refractivity contribution in [2.45, 2.75) is 51.8 Å². The molecule has 6 rings (SSSR count). The Kier molecular flexibility index (Phi) is 10.1. The largest absolute Gasteiger partial charge is 0.491 e. The van der Waals surface area contributed by atoms with Crippen LogP contribution in [0, 0.1) is 6.92 Å². The standard InChI is InChI=1S/C36H32BrF3N6O5/c1-21-15-23(7-12-28(21)37)34(49)44-18-30-32(33(48)42-16-24-5-3-4-6-27(24)29-13-14-41-20-43-29)46(35(50)45(30)17-22(44)2)25-8-10-26(11-9-25)51-19-31(47)36(38,39)40/h3-15,20,22,31,47H,16-19H2,1-2H3,(H,42,48)/t22-,31+/m1/s1. The summed E-state index contributed by atoms with van der Waals surface area (Å²) in [4.78, 5) is 52.0. The summed E-state index contributed by atoms with van der Waals surface area (Å²) in [6.07, 6.45) is -4.49. The van der Waals surface area contributed by atoms with Crippen molar-refractivity contribution in [2.75, 3.05) is 6.61 Å². The number of amides is 2. The van der Waals surface area contributed by atoms with Gasteiger partial charge in [-0.2, -0.15) is 13.2 Å². The second-order valence-corrected chi connectivity index (χ2v) is 12.9. The fourth-order valence-corrected chi connectivity index (χ4v) is 6.15. The molecular formula is C36H32BrF3N6O5. The topological polar surface area (TPSA) is 132 Å². The van der Waals surface area contributed by atoms with Gasteiger partial charge in [0.15, 0.2) is 6.10 Å². The Morgan fingerprint density at radius 3 is 2.53 bits per heavy atom. The number of nitrogens with one attached hydrogen (secondary N) is 1. The van der Waals surface area contributed by atoms with Gasteiger partial charge in [0, 0.05) is 40.9 Å². The molecule has 0 saturated heterocycles. The van der Waals surface area contributed by atoms with Crippen molar-refractivity contribution >= 4 is 27.7 Å². The summed E-state index contributed by atoms with van der Waals surface area (Å²) >= 11 is 3.46. The number of imidazole rings is 1. The van der Waals surface area contributed by atoms with Crippen LogP contribution >= 0.6 is 15.9 Å². The minimum absolute atomic E-state index is 0.00244. The maximum Gasteiger partial charge on any atom is 0.417 e. The second kappa shape index (κ2) is 14.5. The summed E-state index contributed by atoms with van der Waals surface area (Å²) in [6, 6.07) is 19.5. The highest BCUT2D eigenvalue weighted by Gasteiger charge is 2.39. The van der Waals surface area contributed by atoms with Crippen molar-refractivity contribution in [1.29, 1.82) is 0 Å². The van der Waals surface area contributed by atoms with Crippen molar-refractivity contribution < 1.29 is 32.6 Å². The third-order valence-corrected chi connectivity index (χ3v) is 9.51. The van der Waals surface area contributed by atoms with E-state index in [-0.39, 0.29) is 42.7 Å². The molecule has 0 unspecified atom stereocenters. The number of aliphatic hydroxyl groups is 1. The number of rotatable bonds is 9. The molecule has 1 aliphatic rings. The van der Waals surface area contributed by atoms with Gasteiger partial charge in [-0.3, -0.25) is 18.7 Å². The fraction of sp³-hybridized carbons (Fsp3) is 0.250. The fourth-order valence-electron chi connectivity index (χ4n) is 5.90. The quantitative estimate of drug-likeness (QED) is 0.204. The van der Waals surface area contributed by atoms with Gasteiger partial charge in [-0.15, -0.1) is 0 Å². The zero-order chi connectivity index (χ0) is 36.4. The van der Waals surface area contributed by atoms with E-state index < -0.39 is 36.5 Å². The highest BCUT2D eigenvalue weighted by Crippen LogP contribution is 2.28. The molecule has 2 N–H and O–H groups in total. The number of hydrogen-bond donors (Lipinski definition) is 2. The molecule has 0 saturated carbocycles. The van der Waals surface area contributed by atoms with E-state index in [9.17, 15) is 32.7 Å². The summed E-state index contributed by atoms with van der Waals surface area (Å²) in [5.41, 5.74) is 3.54. The first-order valence-electron chi connectivity index (χ1n) is 15.9. The van der Waals surface area contributed by atoms with E-state index in [2.05, 4.69) is 31.2 Å². The van der Waals surface area contributed by atoms with Crippen molar-refractivity contribution in [3.05, 3.63) is 128 Å². The highest BCUT2D eigenvalue weighted by atomic mass is 79.9. The average molecular weight is 766 g/mol. The smallest absolute Gasteiger partial charge is 0.417 e. The molecule has 264 valence electrons. The van der Waals surface area contributed by atoms with Gasteiger partial charge in [0.2, 0.25) is 0 Å². The lowest BCUT2D eigenvalue weighted by atomic mass is 10.0. The number of fused-ring (bicyclic) bond motifs is 1. The third kappa shape index (κ3) is 7.44. The van der Waals surface area contributed by atoms with Gasteiger partial charge < -0.3 is 20.1 Å². The summed E-state index contributed by atoms with van der Waals surface area (Å²) in [5.74, 6) is -0.841. The number of hydrogen-bond acceptors (Lipinski definition) is 7. The maximum atomic E-state index is 14.2. The van der Waals surface area contributed by atoms with E-state index >= 15 is 0 Å². The Balaban J connectivity index is 1.36. The number of aryl methyl sites for hydroxylation is 1. The van der Waals surface area contributed by atoms with Crippen LogP contribution in [0.5, 0.6) is 5.75 Å². The number of aromatic nitrogens is 4. The van der Waals surface area contributed by atoms with E-state index in [0.717, 1.165) is 21.2 Å². The second-order valence-electron chi connectivity index (χ2n) is 12.1. The zero-order valence-corrected chi connectivity index (χ0v) is 29.0. The molecule has 0 fully saturated rings. The Labute approximate surface area is 298 Å². The van der Waals surface area contributed by atoms with Crippen LogP contribution in [0.2, 0.25) is 0 Å². The summed E-state index contributed by atoms with van der Waals surface area (Å²) in [5, 5.41) is 12.3. The van der Waals surface area contributed by atoms with Gasteiger partial charge in [0.1, 0.15) is 24.4 Å². The Morgan fingerprint density at radius 1 is 1.10 bits per heavy atom. The first kappa shape index (κ1) is 35.5. The first-order valence-corrected chi connectivity index (χ1v) is 16.6. The maximum absolute atomic E-state index is 14.2. The van der Waals surface area contributed by atoms with Gasteiger partial charge in [-0.05, 0) is 73.5 Å². The van der Waals surface area contributed by atoms with E-state index in [4.69, 9.17) is 4.74 Å². The minimum atomic E-state index is -4.85. The van der Waals surface area contributed by atoms with Crippen LogP contribution in [-0.4, -0.2) is 65.9 Å². The zero-order valence-electron chi connectivity index (χ0n) is 27.4. The molecule has 2 aromatic heterocycles. The number of carbonyl (C=O) groups is 2. The minimum Gasteiger partial charge on any atom is -0.491 e. The van der Waals surface area contributed by atoms with Crippen LogP contribution in [0.1, 0.15) is 44.6 Å². The molecule has 0 spiro atoms. The first-order chi connectivity index (χ1) is 24.3. The Hall–Kier alpha value is -5.28. The SMILES string of the molecule is Cc1cc(C(=O)N2Cc3c(C(=O)NCc4ccccc4-c4ccncn4)n(-c4ccc(OC[C@H](O)C(F)(F)F)cc4)c(=O)n3C[C@H]2C)ccc1Br. The van der Waals surface area contributed by atoms with Gasteiger partial charge in [0.05, 0.1) is 23.6 Å².